The van der Waals surface area contributed by atoms with Crippen LogP contribution in [0.3, 0.4) is 0 Å². The summed E-state index contributed by atoms with van der Waals surface area (Å²) in [4.78, 5) is 8.27. The maximum atomic E-state index is 10.6. The summed E-state index contributed by atoms with van der Waals surface area (Å²) in [6.07, 6.45) is 6.30. The molecule has 2 unspecified atom stereocenters. The third kappa shape index (κ3) is 4.48. The monoisotopic (exact) mass is 446 g/mol. The summed E-state index contributed by atoms with van der Waals surface area (Å²) in [5, 5.41) is 26.6. The molecule has 2 bridgehead atoms. The molecule has 2 aliphatic rings. The number of methoxy groups -OCH3 is 1. The molecular weight excluding hydrogens is 416 g/mol. The third-order valence-corrected chi connectivity index (χ3v) is 6.97. The van der Waals surface area contributed by atoms with Crippen LogP contribution in [0.4, 0.5) is 5.82 Å². The number of aromatic nitrogens is 4. The van der Waals surface area contributed by atoms with Crippen molar-refractivity contribution in [2.24, 2.45) is 5.92 Å². The van der Waals surface area contributed by atoms with E-state index >= 15 is 0 Å². The highest BCUT2D eigenvalue weighted by Crippen LogP contribution is 2.44. The maximum Gasteiger partial charge on any atom is 0.216 e. The van der Waals surface area contributed by atoms with Gasteiger partial charge in [-0.3, -0.25) is 0 Å². The average Bonchev–Trinajstić information content (AvgIpc) is 3.05. The first-order chi connectivity index (χ1) is 15.8. The normalized spacial score (nSPS) is 26.2. The molecule has 8 nitrogen and oxygen atoms in total. The van der Waals surface area contributed by atoms with Gasteiger partial charge in [0.2, 0.25) is 5.88 Å². The lowest BCUT2D eigenvalue weighted by Crippen LogP contribution is -2.54. The Morgan fingerprint density at radius 3 is 2.48 bits per heavy atom. The molecule has 1 aromatic carbocycles. The number of nitrogens with one attached hydrogen (secondary N) is 2. The molecule has 0 spiro atoms. The molecule has 8 heteroatoms. The molecule has 3 aromatic rings. The number of hydrogen-bond donors (Lipinski definition) is 3. The van der Waals surface area contributed by atoms with Gasteiger partial charge in [0.1, 0.15) is 17.9 Å². The summed E-state index contributed by atoms with van der Waals surface area (Å²) in [5.74, 6) is 1.95. The minimum Gasteiger partial charge on any atom is -0.507 e. The van der Waals surface area contributed by atoms with Crippen LogP contribution in [-0.4, -0.2) is 50.0 Å². The minimum absolute atomic E-state index is 0.117. The van der Waals surface area contributed by atoms with Crippen LogP contribution in [0, 0.1) is 5.92 Å². The van der Waals surface area contributed by atoms with E-state index in [-0.39, 0.29) is 16.8 Å². The van der Waals surface area contributed by atoms with Gasteiger partial charge in [-0.05, 0) is 69.7 Å². The highest BCUT2D eigenvalue weighted by Gasteiger charge is 2.48. The van der Waals surface area contributed by atoms with Crippen LogP contribution in [0.1, 0.15) is 39.5 Å². The first-order valence-electron chi connectivity index (χ1n) is 11.4. The Hall–Kier alpha value is -3.26. The van der Waals surface area contributed by atoms with E-state index in [4.69, 9.17) is 4.74 Å². The standard InChI is InChI=1S/C25H30N6O2/c1-24-8-9-25(2,31-24)13-16(12-24)14-26-22-7-6-19(29-30-22)18-5-4-17(10-21(18)32)20-11-23(33-3)28-15-27-20/h4-7,10-11,15-16,31-32H,8-9,12-14H2,1-3H3,(H,26,30). The molecule has 172 valence electrons. The lowest BCUT2D eigenvalue weighted by Gasteiger charge is -2.42. The van der Waals surface area contributed by atoms with Gasteiger partial charge >= 0.3 is 0 Å². The Morgan fingerprint density at radius 1 is 1.03 bits per heavy atom. The Labute approximate surface area is 193 Å². The lowest BCUT2D eigenvalue weighted by atomic mass is 9.80. The largest absolute Gasteiger partial charge is 0.507 e. The Bertz CT molecular complexity index is 1140. The predicted octanol–water partition coefficient (Wildman–Crippen LogP) is 4.04. The first-order valence-corrected chi connectivity index (χ1v) is 11.4. The number of phenols is 1. The lowest BCUT2D eigenvalue weighted by molar-refractivity contribution is 0.178. The molecule has 33 heavy (non-hydrogen) atoms. The zero-order chi connectivity index (χ0) is 23.1. The molecule has 2 atom stereocenters. The molecule has 2 aromatic heterocycles. The smallest absolute Gasteiger partial charge is 0.216 e. The van der Waals surface area contributed by atoms with Gasteiger partial charge in [0.15, 0.2) is 0 Å². The van der Waals surface area contributed by atoms with E-state index in [9.17, 15) is 5.11 Å². The fourth-order valence-corrected chi connectivity index (χ4v) is 5.54. The molecule has 0 radical (unpaired) electrons. The number of aromatic hydroxyl groups is 1. The molecule has 0 amide bonds. The Kier molecular flexibility index (Phi) is 5.40. The summed E-state index contributed by atoms with van der Waals surface area (Å²) in [6, 6.07) is 10.9. The Morgan fingerprint density at radius 2 is 1.82 bits per heavy atom. The van der Waals surface area contributed by atoms with Crippen molar-refractivity contribution in [3.8, 4) is 34.1 Å². The first kappa shape index (κ1) is 21.6. The second-order valence-corrected chi connectivity index (χ2v) is 9.88. The topological polar surface area (TPSA) is 105 Å². The fourth-order valence-electron chi connectivity index (χ4n) is 5.54. The number of hydrogen-bond acceptors (Lipinski definition) is 8. The minimum atomic E-state index is 0.117. The average molecular weight is 447 g/mol. The summed E-state index contributed by atoms with van der Waals surface area (Å²) < 4.78 is 5.15. The predicted molar refractivity (Wildman–Crippen MR) is 127 cm³/mol. The fraction of sp³-hybridized carbons (Fsp3) is 0.440. The number of anilines is 1. The van der Waals surface area contributed by atoms with Crippen molar-refractivity contribution in [1.82, 2.24) is 25.5 Å². The second-order valence-electron chi connectivity index (χ2n) is 9.88. The quantitative estimate of drug-likeness (QED) is 0.521. The number of rotatable bonds is 6. The van der Waals surface area contributed by atoms with Crippen molar-refractivity contribution < 1.29 is 9.84 Å². The number of fused-ring (bicyclic) bond motifs is 2. The molecule has 2 saturated heterocycles. The van der Waals surface area contributed by atoms with Crippen molar-refractivity contribution in [2.75, 3.05) is 19.0 Å². The SMILES string of the molecule is COc1cc(-c2ccc(-c3ccc(NCC4CC5(C)CCC(C)(C4)N5)nn3)c(O)c2)ncn1. The van der Waals surface area contributed by atoms with Crippen molar-refractivity contribution in [1.29, 1.82) is 0 Å². The van der Waals surface area contributed by atoms with E-state index in [1.54, 1.807) is 19.2 Å². The number of benzene rings is 1. The second kappa shape index (κ2) is 8.26. The molecular formula is C25H30N6O2. The number of nitrogens with zero attached hydrogens (tertiary/aromatic N) is 4. The maximum absolute atomic E-state index is 10.6. The summed E-state index contributed by atoms with van der Waals surface area (Å²) in [5.41, 5.74) is 3.19. The van der Waals surface area contributed by atoms with Crippen LogP contribution in [0.25, 0.3) is 22.5 Å². The third-order valence-electron chi connectivity index (χ3n) is 6.97. The van der Waals surface area contributed by atoms with Crippen molar-refractivity contribution in [3.63, 3.8) is 0 Å². The molecule has 0 saturated carbocycles. The number of piperidine rings is 1. The van der Waals surface area contributed by atoms with Crippen LogP contribution < -0.4 is 15.4 Å². The molecule has 4 heterocycles. The van der Waals surface area contributed by atoms with Crippen LogP contribution in [0.15, 0.2) is 42.7 Å². The zero-order valence-corrected chi connectivity index (χ0v) is 19.3. The summed E-state index contributed by atoms with van der Waals surface area (Å²) >= 11 is 0. The summed E-state index contributed by atoms with van der Waals surface area (Å²) in [6.45, 7) is 5.58. The van der Waals surface area contributed by atoms with E-state index < -0.39 is 0 Å². The van der Waals surface area contributed by atoms with E-state index in [2.05, 4.69) is 44.6 Å². The van der Waals surface area contributed by atoms with E-state index in [1.807, 2.05) is 24.3 Å². The summed E-state index contributed by atoms with van der Waals surface area (Å²) in [7, 11) is 1.56. The van der Waals surface area contributed by atoms with Crippen LogP contribution in [-0.2, 0) is 0 Å². The van der Waals surface area contributed by atoms with E-state index in [0.29, 0.717) is 28.7 Å². The molecule has 3 N–H and O–H groups in total. The van der Waals surface area contributed by atoms with Gasteiger partial charge < -0.3 is 20.5 Å². The highest BCUT2D eigenvalue weighted by molar-refractivity contribution is 5.73. The van der Waals surface area contributed by atoms with Gasteiger partial charge in [0.25, 0.3) is 0 Å². The van der Waals surface area contributed by atoms with Crippen LogP contribution >= 0.6 is 0 Å². The number of ether oxygens (including phenoxy) is 1. The van der Waals surface area contributed by atoms with Gasteiger partial charge in [-0.15, -0.1) is 10.2 Å². The molecule has 2 aliphatic heterocycles. The van der Waals surface area contributed by atoms with Gasteiger partial charge in [0.05, 0.1) is 18.5 Å². The highest BCUT2D eigenvalue weighted by atomic mass is 16.5. The van der Waals surface area contributed by atoms with Gasteiger partial charge in [-0.1, -0.05) is 6.07 Å². The van der Waals surface area contributed by atoms with Gasteiger partial charge in [0, 0.05) is 34.8 Å². The number of phenolic OH excluding ortho intramolecular Hbond substituents is 1. The molecule has 0 aliphatic carbocycles. The van der Waals surface area contributed by atoms with Crippen LogP contribution in [0.2, 0.25) is 0 Å². The van der Waals surface area contributed by atoms with Crippen LogP contribution in [0.5, 0.6) is 11.6 Å². The Balaban J connectivity index is 1.26. The molecule has 2 fully saturated rings. The van der Waals surface area contributed by atoms with Crippen molar-refractivity contribution in [3.05, 3.63) is 42.7 Å². The van der Waals surface area contributed by atoms with E-state index in [1.165, 1.54) is 32.0 Å². The molecule has 5 rings (SSSR count). The van der Waals surface area contributed by atoms with Crippen molar-refractivity contribution in [2.45, 2.75) is 50.6 Å². The van der Waals surface area contributed by atoms with Crippen molar-refractivity contribution >= 4 is 5.82 Å². The zero-order valence-electron chi connectivity index (χ0n) is 19.3. The van der Waals surface area contributed by atoms with Gasteiger partial charge in [-0.2, -0.15) is 0 Å². The van der Waals surface area contributed by atoms with Gasteiger partial charge in [-0.25, -0.2) is 9.97 Å². The van der Waals surface area contributed by atoms with E-state index in [0.717, 1.165) is 17.9 Å².